The molecule has 0 unspecified atom stereocenters. The van der Waals surface area contributed by atoms with Crippen LogP contribution in [0.5, 0.6) is 0 Å². The van der Waals surface area contributed by atoms with Crippen LogP contribution in [0.25, 0.3) is 67.7 Å². The van der Waals surface area contributed by atoms with Crippen LogP contribution in [0.1, 0.15) is 0 Å². The number of hydrogen-bond acceptors (Lipinski definition) is 4. The minimum Gasteiger partial charge on any atom is -0.299 e. The Morgan fingerprint density at radius 1 is 0.677 bits per heavy atom. The zero-order valence-corrected chi connectivity index (χ0v) is 17.8. The molecule has 0 N–H and O–H groups in total. The zero-order valence-electron chi connectivity index (χ0n) is 16.2. The van der Waals surface area contributed by atoms with Gasteiger partial charge in [-0.2, -0.15) is 0 Å². The standard InChI is InChI=1S/C26H13N3S2/c1-2-4-21-16(3-1)24-22(30-21)6-5-15-18-11-20-17(12-23(18)31-25(15)24)14-7-8-27-13-19(14)26-28-9-10-29(20)26/h1-13H. The highest BCUT2D eigenvalue weighted by Gasteiger charge is 2.16. The summed E-state index contributed by atoms with van der Waals surface area (Å²) in [6.45, 7) is 0. The van der Waals surface area contributed by atoms with Gasteiger partial charge in [0.2, 0.25) is 0 Å². The van der Waals surface area contributed by atoms with Gasteiger partial charge in [0.1, 0.15) is 5.65 Å². The van der Waals surface area contributed by atoms with E-state index in [0.29, 0.717) is 0 Å². The number of hydrogen-bond donors (Lipinski definition) is 0. The summed E-state index contributed by atoms with van der Waals surface area (Å²) in [5, 5.41) is 8.94. The van der Waals surface area contributed by atoms with Gasteiger partial charge in [-0.15, -0.1) is 22.7 Å². The van der Waals surface area contributed by atoms with E-state index in [4.69, 9.17) is 0 Å². The predicted octanol–water partition coefficient (Wildman–Crippen LogP) is 7.77. The first-order valence-electron chi connectivity index (χ1n) is 10.2. The Balaban J connectivity index is 1.63. The third-order valence-corrected chi connectivity index (χ3v) is 8.67. The molecule has 0 saturated carbocycles. The molecular weight excluding hydrogens is 418 g/mol. The average Bonchev–Trinajstić information content (AvgIpc) is 3.52. The highest BCUT2D eigenvalue weighted by molar-refractivity contribution is 7.29. The highest BCUT2D eigenvalue weighted by atomic mass is 32.1. The summed E-state index contributed by atoms with van der Waals surface area (Å²) in [4.78, 5) is 8.98. The Hall–Kier alpha value is -3.54. The maximum Gasteiger partial charge on any atom is 0.146 e. The SMILES string of the molecule is c1ccc2c(c1)sc1ccc3c4cc5c(cc4sc3c12)c1ccncc1c1nccn51. The Morgan fingerprint density at radius 3 is 2.65 bits per heavy atom. The third-order valence-electron chi connectivity index (χ3n) is 6.35. The molecule has 8 aromatic rings. The topological polar surface area (TPSA) is 30.2 Å². The minimum absolute atomic E-state index is 0.959. The number of fused-ring (bicyclic) bond motifs is 13. The number of thiophene rings is 2. The molecule has 0 spiro atoms. The van der Waals surface area contributed by atoms with Crippen molar-refractivity contribution in [1.82, 2.24) is 14.4 Å². The lowest BCUT2D eigenvalue weighted by Crippen LogP contribution is -1.90. The summed E-state index contributed by atoms with van der Waals surface area (Å²) in [6, 6.07) is 20.2. The number of rotatable bonds is 0. The Kier molecular flexibility index (Phi) is 2.91. The second kappa shape index (κ2) is 5.58. The van der Waals surface area contributed by atoms with E-state index >= 15 is 0 Å². The smallest absolute Gasteiger partial charge is 0.146 e. The summed E-state index contributed by atoms with van der Waals surface area (Å²) < 4.78 is 7.61. The van der Waals surface area contributed by atoms with Crippen molar-refractivity contribution in [2.24, 2.45) is 0 Å². The third kappa shape index (κ3) is 1.98. The van der Waals surface area contributed by atoms with Crippen molar-refractivity contribution in [3.05, 3.63) is 79.4 Å². The highest BCUT2D eigenvalue weighted by Crippen LogP contribution is 2.45. The molecule has 0 aliphatic rings. The molecule has 144 valence electrons. The fourth-order valence-corrected chi connectivity index (χ4v) is 7.46. The number of nitrogens with zero attached hydrogens (tertiary/aromatic N) is 3. The van der Waals surface area contributed by atoms with Crippen LogP contribution in [0.4, 0.5) is 0 Å². The van der Waals surface area contributed by atoms with Gasteiger partial charge in [0, 0.05) is 75.9 Å². The summed E-state index contributed by atoms with van der Waals surface area (Å²) in [5.74, 6) is 0. The van der Waals surface area contributed by atoms with Gasteiger partial charge in [0.25, 0.3) is 0 Å². The molecule has 0 fully saturated rings. The van der Waals surface area contributed by atoms with Crippen molar-refractivity contribution in [2.75, 3.05) is 0 Å². The molecule has 0 radical (unpaired) electrons. The lowest BCUT2D eigenvalue weighted by molar-refractivity contribution is 1.27. The Bertz CT molecular complexity index is 2010. The van der Waals surface area contributed by atoms with Crippen LogP contribution in [0.15, 0.2) is 79.4 Å². The monoisotopic (exact) mass is 431 g/mol. The second-order valence-corrected chi connectivity index (χ2v) is 10.1. The Morgan fingerprint density at radius 2 is 1.65 bits per heavy atom. The van der Waals surface area contributed by atoms with Gasteiger partial charge in [-0.1, -0.05) is 24.3 Å². The largest absolute Gasteiger partial charge is 0.299 e. The van der Waals surface area contributed by atoms with Gasteiger partial charge in [0.15, 0.2) is 0 Å². The predicted molar refractivity (Wildman–Crippen MR) is 134 cm³/mol. The first-order chi connectivity index (χ1) is 15.4. The fourth-order valence-electron chi connectivity index (χ4n) is 5.00. The molecule has 0 aliphatic heterocycles. The molecule has 0 saturated heterocycles. The van der Waals surface area contributed by atoms with Crippen LogP contribution in [0.2, 0.25) is 0 Å². The number of imidazole rings is 1. The fraction of sp³-hybridized carbons (Fsp3) is 0. The van der Waals surface area contributed by atoms with E-state index in [1.807, 2.05) is 41.3 Å². The molecule has 0 aliphatic carbocycles. The van der Waals surface area contributed by atoms with Crippen LogP contribution >= 0.6 is 22.7 Å². The molecule has 5 heterocycles. The normalized spacial score (nSPS) is 12.5. The van der Waals surface area contributed by atoms with E-state index in [-0.39, 0.29) is 0 Å². The Labute approximate surface area is 183 Å². The maximum absolute atomic E-state index is 4.62. The van der Waals surface area contributed by atoms with E-state index in [1.165, 1.54) is 56.6 Å². The van der Waals surface area contributed by atoms with Gasteiger partial charge >= 0.3 is 0 Å². The van der Waals surface area contributed by atoms with Crippen molar-refractivity contribution in [3.63, 3.8) is 0 Å². The molecule has 5 aromatic heterocycles. The van der Waals surface area contributed by atoms with Crippen LogP contribution in [0, 0.1) is 0 Å². The van der Waals surface area contributed by atoms with Crippen molar-refractivity contribution in [2.45, 2.75) is 0 Å². The number of benzene rings is 3. The molecule has 3 nitrogen and oxygen atoms in total. The van der Waals surface area contributed by atoms with Gasteiger partial charge in [0.05, 0.1) is 5.52 Å². The summed E-state index contributed by atoms with van der Waals surface area (Å²) in [6.07, 6.45) is 7.72. The van der Waals surface area contributed by atoms with E-state index in [9.17, 15) is 0 Å². The molecule has 0 bridgehead atoms. The molecule has 3 aromatic carbocycles. The van der Waals surface area contributed by atoms with E-state index in [2.05, 4.69) is 75.2 Å². The van der Waals surface area contributed by atoms with Gasteiger partial charge in [-0.05, 0) is 35.7 Å². The van der Waals surface area contributed by atoms with Gasteiger partial charge in [-0.3, -0.25) is 9.38 Å². The van der Waals surface area contributed by atoms with Crippen molar-refractivity contribution in [3.8, 4) is 0 Å². The van der Waals surface area contributed by atoms with E-state index < -0.39 is 0 Å². The maximum atomic E-state index is 4.62. The molecule has 5 heteroatoms. The van der Waals surface area contributed by atoms with Gasteiger partial charge < -0.3 is 0 Å². The van der Waals surface area contributed by atoms with Crippen LogP contribution in [-0.2, 0) is 0 Å². The van der Waals surface area contributed by atoms with Crippen LogP contribution in [-0.4, -0.2) is 14.4 Å². The minimum atomic E-state index is 0.959. The molecular formula is C26H13N3S2. The summed E-state index contributed by atoms with van der Waals surface area (Å²) in [7, 11) is 0. The average molecular weight is 432 g/mol. The van der Waals surface area contributed by atoms with Crippen molar-refractivity contribution in [1.29, 1.82) is 0 Å². The van der Waals surface area contributed by atoms with Crippen LogP contribution in [0.3, 0.4) is 0 Å². The second-order valence-electron chi connectivity index (χ2n) is 7.92. The summed E-state index contributed by atoms with van der Waals surface area (Å²) >= 11 is 3.79. The van der Waals surface area contributed by atoms with Crippen LogP contribution < -0.4 is 0 Å². The molecule has 8 rings (SSSR count). The van der Waals surface area contributed by atoms with Gasteiger partial charge in [-0.25, -0.2) is 4.98 Å². The first kappa shape index (κ1) is 16.2. The van der Waals surface area contributed by atoms with E-state index in [0.717, 1.165) is 11.0 Å². The van der Waals surface area contributed by atoms with E-state index in [1.54, 1.807) is 0 Å². The number of pyridine rings is 2. The molecule has 0 atom stereocenters. The first-order valence-corrected chi connectivity index (χ1v) is 11.8. The summed E-state index contributed by atoms with van der Waals surface area (Å²) in [5.41, 5.74) is 2.15. The lowest BCUT2D eigenvalue weighted by Gasteiger charge is -2.08. The molecule has 0 amide bonds. The molecule has 31 heavy (non-hydrogen) atoms. The quantitative estimate of drug-likeness (QED) is 0.230. The lowest BCUT2D eigenvalue weighted by atomic mass is 10.0. The van der Waals surface area contributed by atoms with Crippen molar-refractivity contribution >= 4 is 90.3 Å². The van der Waals surface area contributed by atoms with Crippen molar-refractivity contribution < 1.29 is 0 Å². The number of aromatic nitrogens is 3. The zero-order chi connectivity index (χ0) is 20.1.